The van der Waals surface area contributed by atoms with Crippen molar-refractivity contribution in [1.29, 1.82) is 0 Å². The molecule has 1 amide bonds. The number of aliphatic hydroxyl groups excluding tert-OH is 1. The molecule has 1 unspecified atom stereocenters. The largest absolute Gasteiger partial charge is 0.393 e. The van der Waals surface area contributed by atoms with E-state index in [1.54, 1.807) is 17.4 Å². The lowest BCUT2D eigenvalue weighted by atomic mass is 10.2. The molecular formula is C15H18N2O2S. The zero-order valence-corrected chi connectivity index (χ0v) is 12.2. The van der Waals surface area contributed by atoms with Gasteiger partial charge >= 0.3 is 0 Å². The fourth-order valence-corrected chi connectivity index (χ4v) is 2.60. The van der Waals surface area contributed by atoms with Crippen LogP contribution in [0, 0.1) is 0 Å². The molecular weight excluding hydrogens is 272 g/mol. The molecule has 0 radical (unpaired) electrons. The highest BCUT2D eigenvalue weighted by Gasteiger charge is 2.02. The highest BCUT2D eigenvalue weighted by atomic mass is 32.1. The quantitative estimate of drug-likeness (QED) is 0.804. The molecule has 20 heavy (non-hydrogen) atoms. The highest BCUT2D eigenvalue weighted by Crippen LogP contribution is 2.22. The van der Waals surface area contributed by atoms with Crippen molar-refractivity contribution >= 4 is 33.5 Å². The number of nitrogens with zero attached hydrogens (tertiary/aromatic N) is 1. The molecule has 1 aromatic heterocycles. The lowest BCUT2D eigenvalue weighted by Crippen LogP contribution is -2.25. The number of aliphatic hydroxyl groups is 1. The predicted octanol–water partition coefficient (Wildman–Crippen LogP) is 2.59. The maximum absolute atomic E-state index is 11.6. The molecule has 2 aromatic rings. The predicted molar refractivity (Wildman–Crippen MR) is 82.6 cm³/mol. The van der Waals surface area contributed by atoms with E-state index < -0.39 is 0 Å². The first-order valence-corrected chi connectivity index (χ1v) is 7.50. The summed E-state index contributed by atoms with van der Waals surface area (Å²) in [6.45, 7) is 2.40. The van der Waals surface area contributed by atoms with Crippen LogP contribution in [0.25, 0.3) is 16.3 Å². The summed E-state index contributed by atoms with van der Waals surface area (Å²) in [7, 11) is 0. The summed E-state index contributed by atoms with van der Waals surface area (Å²) < 4.78 is 1.11. The molecule has 0 aliphatic heterocycles. The fourth-order valence-electron chi connectivity index (χ4n) is 1.73. The van der Waals surface area contributed by atoms with Crippen LogP contribution in [-0.4, -0.2) is 28.6 Å². The van der Waals surface area contributed by atoms with Gasteiger partial charge in [0.2, 0.25) is 5.91 Å². The normalized spacial score (nSPS) is 12.9. The number of amides is 1. The first kappa shape index (κ1) is 14.7. The van der Waals surface area contributed by atoms with Gasteiger partial charge in [-0.2, -0.15) is 0 Å². The van der Waals surface area contributed by atoms with E-state index in [-0.39, 0.29) is 12.0 Å². The first-order valence-electron chi connectivity index (χ1n) is 6.68. The number of hydrogen-bond acceptors (Lipinski definition) is 4. The smallest absolute Gasteiger partial charge is 0.244 e. The van der Waals surface area contributed by atoms with Gasteiger partial charge in [-0.1, -0.05) is 19.1 Å². The second-order valence-corrected chi connectivity index (χ2v) is 5.56. The van der Waals surface area contributed by atoms with E-state index >= 15 is 0 Å². The molecule has 0 spiro atoms. The van der Waals surface area contributed by atoms with Crippen molar-refractivity contribution in [2.24, 2.45) is 0 Å². The maximum atomic E-state index is 11.6. The number of para-hydroxylation sites is 1. The third-order valence-electron chi connectivity index (χ3n) is 2.94. The molecule has 1 aromatic carbocycles. The van der Waals surface area contributed by atoms with Gasteiger partial charge in [-0.15, -0.1) is 11.3 Å². The van der Waals surface area contributed by atoms with Crippen LogP contribution in [0.3, 0.4) is 0 Å². The molecule has 106 valence electrons. The average molecular weight is 290 g/mol. The number of carbonyl (C=O) groups is 1. The highest BCUT2D eigenvalue weighted by molar-refractivity contribution is 7.19. The number of nitrogens with one attached hydrogen (secondary N) is 1. The minimum atomic E-state index is -0.344. The van der Waals surface area contributed by atoms with Gasteiger partial charge < -0.3 is 10.4 Å². The van der Waals surface area contributed by atoms with Gasteiger partial charge in [0.05, 0.1) is 16.3 Å². The molecule has 0 bridgehead atoms. The van der Waals surface area contributed by atoms with Gasteiger partial charge in [0.15, 0.2) is 0 Å². The van der Waals surface area contributed by atoms with Crippen LogP contribution in [-0.2, 0) is 4.79 Å². The third-order valence-corrected chi connectivity index (χ3v) is 3.94. The van der Waals surface area contributed by atoms with Crippen LogP contribution in [0.5, 0.6) is 0 Å². The fraction of sp³-hybridized carbons (Fsp3) is 0.333. The Bertz CT molecular complexity index is 574. The lowest BCUT2D eigenvalue weighted by molar-refractivity contribution is -0.116. The Labute approximate surface area is 122 Å². The summed E-state index contributed by atoms with van der Waals surface area (Å²) in [5, 5.41) is 12.9. The van der Waals surface area contributed by atoms with E-state index in [1.807, 2.05) is 31.2 Å². The maximum Gasteiger partial charge on any atom is 0.244 e. The standard InChI is InChI=1S/C15H18N2O2S/c1-2-11(18)9-10-16-14(19)7-8-15-17-12-5-3-4-6-13(12)20-15/h3-8,11,18H,2,9-10H2,1H3,(H,16,19)/b8-7+. The van der Waals surface area contributed by atoms with E-state index in [9.17, 15) is 9.90 Å². The van der Waals surface area contributed by atoms with Crippen molar-refractivity contribution in [3.05, 3.63) is 35.3 Å². The number of carbonyl (C=O) groups excluding carboxylic acids is 1. The molecule has 0 fully saturated rings. The van der Waals surface area contributed by atoms with Crippen molar-refractivity contribution < 1.29 is 9.90 Å². The van der Waals surface area contributed by atoms with Gasteiger partial charge in [0.1, 0.15) is 5.01 Å². The number of benzene rings is 1. The molecule has 0 aliphatic carbocycles. The molecule has 2 rings (SSSR count). The molecule has 5 heteroatoms. The Balaban J connectivity index is 1.87. The van der Waals surface area contributed by atoms with Crippen molar-refractivity contribution in [1.82, 2.24) is 10.3 Å². The Morgan fingerprint density at radius 1 is 1.50 bits per heavy atom. The van der Waals surface area contributed by atoms with Crippen LogP contribution >= 0.6 is 11.3 Å². The summed E-state index contributed by atoms with van der Waals surface area (Å²) in [6, 6.07) is 7.88. The Morgan fingerprint density at radius 2 is 2.30 bits per heavy atom. The second-order valence-electron chi connectivity index (χ2n) is 4.49. The number of aromatic nitrogens is 1. The van der Waals surface area contributed by atoms with Gasteiger partial charge in [-0.25, -0.2) is 4.98 Å². The number of thiazole rings is 1. The Morgan fingerprint density at radius 3 is 3.05 bits per heavy atom. The third kappa shape index (κ3) is 4.15. The van der Waals surface area contributed by atoms with Crippen molar-refractivity contribution in [2.75, 3.05) is 6.54 Å². The Kier molecular flexibility index (Phi) is 5.26. The number of rotatable bonds is 6. The molecule has 4 nitrogen and oxygen atoms in total. The summed E-state index contributed by atoms with van der Waals surface area (Å²) >= 11 is 1.55. The van der Waals surface area contributed by atoms with Crippen molar-refractivity contribution in [2.45, 2.75) is 25.9 Å². The van der Waals surface area contributed by atoms with Crippen LogP contribution in [0.1, 0.15) is 24.8 Å². The van der Waals surface area contributed by atoms with Crippen LogP contribution in [0.4, 0.5) is 0 Å². The first-order chi connectivity index (χ1) is 9.69. The molecule has 0 aliphatic rings. The molecule has 2 N–H and O–H groups in total. The van der Waals surface area contributed by atoms with Crippen LogP contribution in [0.2, 0.25) is 0 Å². The van der Waals surface area contributed by atoms with E-state index in [1.165, 1.54) is 6.08 Å². The van der Waals surface area contributed by atoms with E-state index in [0.29, 0.717) is 19.4 Å². The van der Waals surface area contributed by atoms with Crippen molar-refractivity contribution in [3.63, 3.8) is 0 Å². The second kappa shape index (κ2) is 7.17. The van der Waals surface area contributed by atoms with Gasteiger partial charge in [0.25, 0.3) is 0 Å². The number of fused-ring (bicyclic) bond motifs is 1. The van der Waals surface area contributed by atoms with E-state index in [4.69, 9.17) is 0 Å². The minimum absolute atomic E-state index is 0.160. The van der Waals surface area contributed by atoms with Crippen LogP contribution < -0.4 is 5.32 Å². The van der Waals surface area contributed by atoms with E-state index in [2.05, 4.69) is 10.3 Å². The zero-order chi connectivity index (χ0) is 14.4. The summed E-state index contributed by atoms with van der Waals surface area (Å²) in [5.41, 5.74) is 0.948. The minimum Gasteiger partial charge on any atom is -0.393 e. The van der Waals surface area contributed by atoms with Crippen molar-refractivity contribution in [3.8, 4) is 0 Å². The van der Waals surface area contributed by atoms with Gasteiger partial charge in [-0.05, 0) is 31.1 Å². The zero-order valence-electron chi connectivity index (χ0n) is 11.4. The number of hydrogen-bond donors (Lipinski definition) is 2. The topological polar surface area (TPSA) is 62.2 Å². The average Bonchev–Trinajstić information content (AvgIpc) is 2.87. The Hall–Kier alpha value is -1.72. The van der Waals surface area contributed by atoms with Gasteiger partial charge in [-0.3, -0.25) is 4.79 Å². The summed E-state index contributed by atoms with van der Waals surface area (Å²) in [6.07, 6.45) is 4.14. The monoisotopic (exact) mass is 290 g/mol. The molecule has 1 atom stereocenters. The molecule has 0 saturated heterocycles. The summed E-state index contributed by atoms with van der Waals surface area (Å²) in [5.74, 6) is -0.160. The SMILES string of the molecule is CCC(O)CCNC(=O)/C=C/c1nc2ccccc2s1. The molecule has 0 saturated carbocycles. The van der Waals surface area contributed by atoms with E-state index in [0.717, 1.165) is 15.2 Å². The molecule has 1 heterocycles. The van der Waals surface area contributed by atoms with Gasteiger partial charge in [0, 0.05) is 12.6 Å². The van der Waals surface area contributed by atoms with Crippen LogP contribution in [0.15, 0.2) is 30.3 Å². The lowest BCUT2D eigenvalue weighted by Gasteiger charge is -2.06. The summed E-state index contributed by atoms with van der Waals surface area (Å²) in [4.78, 5) is 16.0.